The maximum Gasteiger partial charge on any atom is 0.114 e. The number of hydrogen-bond donors (Lipinski definition) is 0. The molecular weight excluding hydrogens is 148 g/mol. The van der Waals surface area contributed by atoms with E-state index < -0.39 is 0 Å². The molecule has 0 atom stereocenters. The van der Waals surface area contributed by atoms with E-state index in [1.165, 1.54) is 0 Å². The Balaban J connectivity index is -0.000000175. The molecule has 0 aliphatic heterocycles. The van der Waals surface area contributed by atoms with Crippen molar-refractivity contribution in [3.8, 4) is 0 Å². The molecule has 1 nitrogen and oxygen atoms in total. The molecule has 12 heavy (non-hydrogen) atoms. The fraction of sp³-hybridized carbons (Fsp3) is 0.636. The average molecular weight is 172 g/mol. The highest BCUT2D eigenvalue weighted by atomic mass is 16.5. The standard InChI is InChI=1S/C7H12O.2C2H6/c1-4-7(5-2)8-6-3;2*1-2/h4-5H,1,6H2,2-3H3;2*1-2H3/b7-5+;;. The number of ether oxygens (including phenoxy) is 1. The molecule has 1 heteroatoms. The van der Waals surface area contributed by atoms with E-state index in [9.17, 15) is 0 Å². The van der Waals surface area contributed by atoms with Gasteiger partial charge in [0.15, 0.2) is 0 Å². The first kappa shape index (κ1) is 17.4. The van der Waals surface area contributed by atoms with Crippen LogP contribution in [0.25, 0.3) is 0 Å². The first-order chi connectivity index (χ1) is 5.85. The quantitative estimate of drug-likeness (QED) is 0.458. The van der Waals surface area contributed by atoms with Crippen LogP contribution in [0.1, 0.15) is 41.5 Å². The topological polar surface area (TPSA) is 9.23 Å². The summed E-state index contributed by atoms with van der Waals surface area (Å²) in [4.78, 5) is 0. The second-order valence-electron chi connectivity index (χ2n) is 1.33. The van der Waals surface area contributed by atoms with Gasteiger partial charge in [-0.05, 0) is 26.0 Å². The van der Waals surface area contributed by atoms with Crippen LogP contribution in [0.3, 0.4) is 0 Å². The monoisotopic (exact) mass is 172 g/mol. The highest BCUT2D eigenvalue weighted by Gasteiger charge is 1.82. The molecule has 0 saturated carbocycles. The first-order valence-electron chi connectivity index (χ1n) is 4.76. The van der Waals surface area contributed by atoms with Crippen LogP contribution in [-0.2, 0) is 4.74 Å². The Morgan fingerprint density at radius 1 is 1.25 bits per heavy atom. The summed E-state index contributed by atoms with van der Waals surface area (Å²) in [6.07, 6.45) is 3.58. The van der Waals surface area contributed by atoms with Crippen LogP contribution in [0.4, 0.5) is 0 Å². The van der Waals surface area contributed by atoms with Crippen molar-refractivity contribution in [2.24, 2.45) is 0 Å². The minimum atomic E-state index is 0.714. The van der Waals surface area contributed by atoms with Crippen LogP contribution in [0.15, 0.2) is 24.5 Å². The molecule has 0 radical (unpaired) electrons. The van der Waals surface area contributed by atoms with E-state index in [4.69, 9.17) is 4.74 Å². The largest absolute Gasteiger partial charge is 0.494 e. The second-order valence-corrected chi connectivity index (χ2v) is 1.33. The third kappa shape index (κ3) is 16.1. The number of allylic oxidation sites excluding steroid dienone is 2. The van der Waals surface area contributed by atoms with Gasteiger partial charge in [-0.15, -0.1) is 0 Å². The third-order valence-corrected chi connectivity index (χ3v) is 0.797. The Bertz CT molecular complexity index is 93.2. The van der Waals surface area contributed by atoms with Gasteiger partial charge in [-0.1, -0.05) is 34.3 Å². The predicted molar refractivity (Wildman–Crippen MR) is 58.3 cm³/mol. The Kier molecular flexibility index (Phi) is 32.5. The zero-order valence-corrected chi connectivity index (χ0v) is 9.48. The van der Waals surface area contributed by atoms with Gasteiger partial charge in [0.05, 0.1) is 6.61 Å². The summed E-state index contributed by atoms with van der Waals surface area (Å²) < 4.78 is 5.08. The van der Waals surface area contributed by atoms with Crippen molar-refractivity contribution in [1.82, 2.24) is 0 Å². The molecule has 0 fully saturated rings. The molecule has 0 rings (SSSR count). The summed E-state index contributed by atoms with van der Waals surface area (Å²) in [7, 11) is 0. The van der Waals surface area contributed by atoms with Crippen LogP contribution in [0.5, 0.6) is 0 Å². The molecule has 0 aromatic carbocycles. The highest BCUT2D eigenvalue weighted by molar-refractivity contribution is 5.06. The SMILES string of the molecule is C=C/C(=C\C)OCC.CC.CC. The molecule has 0 N–H and O–H groups in total. The second kappa shape index (κ2) is 22.4. The van der Waals surface area contributed by atoms with Crippen LogP contribution in [-0.4, -0.2) is 6.61 Å². The summed E-state index contributed by atoms with van der Waals surface area (Å²) in [5, 5.41) is 0. The van der Waals surface area contributed by atoms with Gasteiger partial charge in [0.25, 0.3) is 0 Å². The van der Waals surface area contributed by atoms with Gasteiger partial charge >= 0.3 is 0 Å². The van der Waals surface area contributed by atoms with E-state index in [0.717, 1.165) is 5.76 Å². The van der Waals surface area contributed by atoms with Crippen molar-refractivity contribution >= 4 is 0 Å². The molecule has 0 amide bonds. The summed E-state index contributed by atoms with van der Waals surface area (Å²) in [5.41, 5.74) is 0. The lowest BCUT2D eigenvalue weighted by atomic mass is 10.4. The van der Waals surface area contributed by atoms with Gasteiger partial charge in [-0.3, -0.25) is 0 Å². The molecule has 0 aliphatic carbocycles. The van der Waals surface area contributed by atoms with E-state index in [-0.39, 0.29) is 0 Å². The third-order valence-electron chi connectivity index (χ3n) is 0.797. The molecule has 0 spiro atoms. The van der Waals surface area contributed by atoms with Crippen LogP contribution in [0, 0.1) is 0 Å². The predicted octanol–water partition coefficient (Wildman–Crippen LogP) is 4.17. The lowest BCUT2D eigenvalue weighted by molar-refractivity contribution is 0.242. The van der Waals surface area contributed by atoms with Crippen LogP contribution < -0.4 is 0 Å². The molecular formula is C11H24O. The van der Waals surface area contributed by atoms with Gasteiger partial charge in [-0.25, -0.2) is 0 Å². The van der Waals surface area contributed by atoms with Crippen LogP contribution >= 0.6 is 0 Å². The van der Waals surface area contributed by atoms with Gasteiger partial charge in [-0.2, -0.15) is 0 Å². The molecule has 0 bridgehead atoms. The Hall–Kier alpha value is -0.720. The molecule has 0 saturated heterocycles. The highest BCUT2D eigenvalue weighted by Crippen LogP contribution is 1.95. The van der Waals surface area contributed by atoms with Crippen molar-refractivity contribution in [3.05, 3.63) is 24.5 Å². The van der Waals surface area contributed by atoms with Gasteiger partial charge in [0, 0.05) is 0 Å². The lowest BCUT2D eigenvalue weighted by Gasteiger charge is -1.99. The maximum absolute atomic E-state index is 5.08. The van der Waals surface area contributed by atoms with E-state index in [1.54, 1.807) is 6.08 Å². The van der Waals surface area contributed by atoms with E-state index in [0.29, 0.717) is 6.61 Å². The summed E-state index contributed by atoms with van der Waals surface area (Å²) in [5.74, 6) is 0.854. The molecule has 0 heterocycles. The van der Waals surface area contributed by atoms with Crippen molar-refractivity contribution in [2.45, 2.75) is 41.5 Å². The van der Waals surface area contributed by atoms with E-state index in [2.05, 4.69) is 6.58 Å². The van der Waals surface area contributed by atoms with Gasteiger partial charge < -0.3 is 4.74 Å². The number of rotatable bonds is 3. The fourth-order valence-corrected chi connectivity index (χ4v) is 0.427. The fourth-order valence-electron chi connectivity index (χ4n) is 0.427. The number of hydrogen-bond acceptors (Lipinski definition) is 1. The lowest BCUT2D eigenvalue weighted by Crippen LogP contribution is -1.85. The molecule has 0 unspecified atom stereocenters. The van der Waals surface area contributed by atoms with Crippen LogP contribution in [0.2, 0.25) is 0 Å². The van der Waals surface area contributed by atoms with Crippen molar-refractivity contribution in [1.29, 1.82) is 0 Å². The zero-order chi connectivity index (χ0) is 10.4. The van der Waals surface area contributed by atoms with Gasteiger partial charge in [0.1, 0.15) is 5.76 Å². The van der Waals surface area contributed by atoms with Gasteiger partial charge in [0.2, 0.25) is 0 Å². The summed E-state index contributed by atoms with van der Waals surface area (Å²) >= 11 is 0. The molecule has 0 aliphatic rings. The smallest absolute Gasteiger partial charge is 0.114 e. The van der Waals surface area contributed by atoms with E-state index >= 15 is 0 Å². The molecule has 0 aromatic heterocycles. The van der Waals surface area contributed by atoms with Crippen molar-refractivity contribution in [3.63, 3.8) is 0 Å². The van der Waals surface area contributed by atoms with Crippen molar-refractivity contribution in [2.75, 3.05) is 6.61 Å². The average Bonchev–Trinajstić information content (AvgIpc) is 2.20. The minimum absolute atomic E-state index is 0.714. The Morgan fingerprint density at radius 3 is 1.75 bits per heavy atom. The Labute approximate surface area is 78.1 Å². The normalized spacial score (nSPS) is 8.33. The molecule has 74 valence electrons. The minimum Gasteiger partial charge on any atom is -0.494 e. The zero-order valence-electron chi connectivity index (χ0n) is 9.48. The van der Waals surface area contributed by atoms with Crippen molar-refractivity contribution < 1.29 is 4.74 Å². The van der Waals surface area contributed by atoms with E-state index in [1.807, 2.05) is 47.6 Å². The first-order valence-corrected chi connectivity index (χ1v) is 4.76. The summed E-state index contributed by atoms with van der Waals surface area (Å²) in [6, 6.07) is 0. The summed E-state index contributed by atoms with van der Waals surface area (Å²) in [6.45, 7) is 16.1. The molecule has 0 aromatic rings. The maximum atomic E-state index is 5.08. The Morgan fingerprint density at radius 2 is 1.67 bits per heavy atom.